The summed E-state index contributed by atoms with van der Waals surface area (Å²) < 4.78 is 33.2. The van der Waals surface area contributed by atoms with Gasteiger partial charge in [-0.15, -0.1) is 0 Å². The van der Waals surface area contributed by atoms with Gasteiger partial charge in [0.15, 0.2) is 6.61 Å². The second-order valence-corrected chi connectivity index (χ2v) is 5.31. The molecule has 136 valence electrons. The zero-order valence-corrected chi connectivity index (χ0v) is 13.9. The SMILES string of the molecule is Cc1cccc(NC(=O)COC(=O)/C=C/c2ccc(OC(F)F)cc2)c1. The Labute approximate surface area is 149 Å². The lowest BCUT2D eigenvalue weighted by Crippen LogP contribution is -2.20. The molecule has 2 rings (SSSR count). The molecule has 0 aliphatic carbocycles. The fraction of sp³-hybridized carbons (Fsp3) is 0.158. The number of amides is 1. The molecule has 0 spiro atoms. The Morgan fingerprint density at radius 3 is 2.54 bits per heavy atom. The topological polar surface area (TPSA) is 64.6 Å². The number of hydrogen-bond donors (Lipinski definition) is 1. The molecular weight excluding hydrogens is 344 g/mol. The highest BCUT2D eigenvalue weighted by molar-refractivity contribution is 5.94. The van der Waals surface area contributed by atoms with Crippen molar-refractivity contribution in [3.8, 4) is 5.75 Å². The maximum Gasteiger partial charge on any atom is 0.387 e. The van der Waals surface area contributed by atoms with Crippen LogP contribution in [0.25, 0.3) is 6.08 Å². The summed E-state index contributed by atoms with van der Waals surface area (Å²) in [4.78, 5) is 23.4. The van der Waals surface area contributed by atoms with E-state index in [2.05, 4.69) is 10.1 Å². The number of nitrogens with one attached hydrogen (secondary N) is 1. The number of rotatable bonds is 7. The quantitative estimate of drug-likeness (QED) is 0.602. The Bertz CT molecular complexity index is 788. The highest BCUT2D eigenvalue weighted by Crippen LogP contribution is 2.15. The van der Waals surface area contributed by atoms with Gasteiger partial charge in [0, 0.05) is 11.8 Å². The van der Waals surface area contributed by atoms with E-state index in [0.717, 1.165) is 11.6 Å². The van der Waals surface area contributed by atoms with Crippen molar-refractivity contribution in [1.82, 2.24) is 0 Å². The van der Waals surface area contributed by atoms with Crippen LogP contribution in [0, 0.1) is 6.92 Å². The van der Waals surface area contributed by atoms with Crippen LogP contribution < -0.4 is 10.1 Å². The molecule has 1 amide bonds. The predicted octanol–water partition coefficient (Wildman–Crippen LogP) is 3.79. The third-order valence-electron chi connectivity index (χ3n) is 3.16. The maximum absolute atomic E-state index is 12.1. The average molecular weight is 361 g/mol. The van der Waals surface area contributed by atoms with E-state index in [1.165, 1.54) is 30.3 Å². The van der Waals surface area contributed by atoms with Gasteiger partial charge < -0.3 is 14.8 Å². The van der Waals surface area contributed by atoms with Gasteiger partial charge >= 0.3 is 12.6 Å². The number of halogens is 2. The summed E-state index contributed by atoms with van der Waals surface area (Å²) >= 11 is 0. The van der Waals surface area contributed by atoms with Gasteiger partial charge in [-0.1, -0.05) is 24.3 Å². The number of aryl methyl sites for hydroxylation is 1. The molecule has 0 fully saturated rings. The maximum atomic E-state index is 12.1. The van der Waals surface area contributed by atoms with Gasteiger partial charge in [-0.05, 0) is 48.4 Å². The minimum Gasteiger partial charge on any atom is -0.452 e. The number of alkyl halides is 2. The molecule has 0 unspecified atom stereocenters. The third-order valence-corrected chi connectivity index (χ3v) is 3.16. The van der Waals surface area contributed by atoms with Crippen LogP contribution in [-0.4, -0.2) is 25.1 Å². The molecule has 0 aliphatic rings. The summed E-state index contributed by atoms with van der Waals surface area (Å²) in [6.07, 6.45) is 2.58. The fourth-order valence-corrected chi connectivity index (χ4v) is 2.03. The Hall–Kier alpha value is -3.22. The second-order valence-electron chi connectivity index (χ2n) is 5.31. The van der Waals surface area contributed by atoms with Gasteiger partial charge in [-0.2, -0.15) is 8.78 Å². The summed E-state index contributed by atoms with van der Waals surface area (Å²) in [7, 11) is 0. The molecule has 0 bridgehead atoms. The van der Waals surface area contributed by atoms with Gasteiger partial charge in [-0.25, -0.2) is 4.79 Å². The first-order chi connectivity index (χ1) is 12.4. The van der Waals surface area contributed by atoms with E-state index in [1.807, 2.05) is 13.0 Å². The molecule has 2 aromatic carbocycles. The molecule has 2 aromatic rings. The zero-order valence-electron chi connectivity index (χ0n) is 13.9. The van der Waals surface area contributed by atoms with Crippen molar-refractivity contribution in [2.75, 3.05) is 11.9 Å². The van der Waals surface area contributed by atoms with Crippen LogP contribution in [0.15, 0.2) is 54.6 Å². The third kappa shape index (κ3) is 6.72. The second kappa shape index (κ2) is 9.31. The van der Waals surface area contributed by atoms with E-state index < -0.39 is 25.1 Å². The molecule has 0 saturated heterocycles. The molecule has 0 atom stereocenters. The monoisotopic (exact) mass is 361 g/mol. The van der Waals surface area contributed by atoms with E-state index in [0.29, 0.717) is 11.3 Å². The number of anilines is 1. The number of esters is 1. The molecule has 5 nitrogen and oxygen atoms in total. The van der Waals surface area contributed by atoms with Crippen molar-refractivity contribution in [2.24, 2.45) is 0 Å². The lowest BCUT2D eigenvalue weighted by molar-refractivity contribution is -0.142. The minimum atomic E-state index is -2.89. The Morgan fingerprint density at radius 1 is 1.15 bits per heavy atom. The number of hydrogen-bond acceptors (Lipinski definition) is 4. The average Bonchev–Trinajstić information content (AvgIpc) is 2.59. The van der Waals surface area contributed by atoms with E-state index >= 15 is 0 Å². The molecule has 1 N–H and O–H groups in total. The molecule has 26 heavy (non-hydrogen) atoms. The van der Waals surface area contributed by atoms with Crippen LogP contribution in [0.2, 0.25) is 0 Å². The zero-order chi connectivity index (χ0) is 18.9. The van der Waals surface area contributed by atoms with E-state index in [4.69, 9.17) is 4.74 Å². The molecule has 0 radical (unpaired) electrons. The van der Waals surface area contributed by atoms with Crippen LogP contribution in [0.3, 0.4) is 0 Å². The minimum absolute atomic E-state index is 0.0209. The summed E-state index contributed by atoms with van der Waals surface area (Å²) in [5.74, 6) is -1.13. The highest BCUT2D eigenvalue weighted by Gasteiger charge is 2.06. The lowest BCUT2D eigenvalue weighted by Gasteiger charge is -2.06. The normalized spacial score (nSPS) is 10.8. The Balaban J connectivity index is 1.78. The van der Waals surface area contributed by atoms with Gasteiger partial charge in [0.25, 0.3) is 5.91 Å². The summed E-state index contributed by atoms with van der Waals surface area (Å²) in [5.41, 5.74) is 2.20. The number of ether oxygens (including phenoxy) is 2. The largest absolute Gasteiger partial charge is 0.452 e. The van der Waals surface area contributed by atoms with E-state index in [1.54, 1.807) is 18.2 Å². The molecule has 0 aromatic heterocycles. The first kappa shape index (κ1) is 19.1. The van der Waals surface area contributed by atoms with Crippen molar-refractivity contribution in [3.05, 3.63) is 65.7 Å². The van der Waals surface area contributed by atoms with Crippen molar-refractivity contribution >= 4 is 23.6 Å². The van der Waals surface area contributed by atoms with Gasteiger partial charge in [0.1, 0.15) is 5.75 Å². The van der Waals surface area contributed by atoms with Crippen LogP contribution in [0.5, 0.6) is 5.75 Å². The van der Waals surface area contributed by atoms with Gasteiger partial charge in [-0.3, -0.25) is 4.79 Å². The Kier molecular flexibility index (Phi) is 6.84. The number of carbonyl (C=O) groups excluding carboxylic acids is 2. The van der Waals surface area contributed by atoms with Gasteiger partial charge in [0.05, 0.1) is 0 Å². The van der Waals surface area contributed by atoms with Crippen molar-refractivity contribution in [2.45, 2.75) is 13.5 Å². The predicted molar refractivity (Wildman–Crippen MR) is 92.9 cm³/mol. The first-order valence-corrected chi connectivity index (χ1v) is 7.68. The van der Waals surface area contributed by atoms with E-state index in [-0.39, 0.29) is 5.75 Å². The number of benzene rings is 2. The standard InChI is InChI=1S/C19H17F2NO4/c1-13-3-2-4-15(11-13)22-17(23)12-25-18(24)10-7-14-5-8-16(9-6-14)26-19(20)21/h2-11,19H,12H2,1H3,(H,22,23)/b10-7+. The van der Waals surface area contributed by atoms with Crippen LogP contribution in [0.4, 0.5) is 14.5 Å². The molecule has 0 aliphatic heterocycles. The van der Waals surface area contributed by atoms with Crippen molar-refractivity contribution in [1.29, 1.82) is 0 Å². The van der Waals surface area contributed by atoms with Crippen LogP contribution >= 0.6 is 0 Å². The molecular formula is C19H17F2NO4. The van der Waals surface area contributed by atoms with Crippen molar-refractivity contribution in [3.63, 3.8) is 0 Å². The highest BCUT2D eigenvalue weighted by atomic mass is 19.3. The summed E-state index contributed by atoms with van der Waals surface area (Å²) in [5, 5.41) is 2.62. The summed E-state index contributed by atoms with van der Waals surface area (Å²) in [6.45, 7) is -1.41. The van der Waals surface area contributed by atoms with Crippen molar-refractivity contribution < 1.29 is 27.8 Å². The fourth-order valence-electron chi connectivity index (χ4n) is 2.03. The van der Waals surface area contributed by atoms with Crippen LogP contribution in [0.1, 0.15) is 11.1 Å². The molecule has 0 saturated carbocycles. The first-order valence-electron chi connectivity index (χ1n) is 7.68. The number of carbonyl (C=O) groups is 2. The van der Waals surface area contributed by atoms with Gasteiger partial charge in [0.2, 0.25) is 0 Å². The molecule has 7 heteroatoms. The smallest absolute Gasteiger partial charge is 0.387 e. The lowest BCUT2D eigenvalue weighted by atomic mass is 10.2. The Morgan fingerprint density at radius 2 is 1.88 bits per heavy atom. The summed E-state index contributed by atoms with van der Waals surface area (Å²) in [6, 6.07) is 12.9. The molecule has 0 heterocycles. The van der Waals surface area contributed by atoms with Crippen LogP contribution in [-0.2, 0) is 14.3 Å². The van der Waals surface area contributed by atoms with E-state index in [9.17, 15) is 18.4 Å².